The molecule has 2 saturated heterocycles. The van der Waals surface area contributed by atoms with Crippen molar-refractivity contribution < 1.29 is 9.84 Å². The fourth-order valence-electron chi connectivity index (χ4n) is 4.11. The molecule has 2 heterocycles. The van der Waals surface area contributed by atoms with Crippen molar-refractivity contribution in [2.24, 2.45) is 0 Å². The van der Waals surface area contributed by atoms with Crippen LogP contribution in [0.25, 0.3) is 0 Å². The molecule has 2 aromatic carbocycles. The summed E-state index contributed by atoms with van der Waals surface area (Å²) in [5, 5.41) is 21.9. The lowest BCUT2D eigenvalue weighted by atomic mass is 9.80. The number of hydrogen-bond acceptors (Lipinski definition) is 4. The number of nitrogens with zero attached hydrogens (tertiary/aromatic N) is 1. The Kier molecular flexibility index (Phi) is 4.93. The zero-order valence-corrected chi connectivity index (χ0v) is 15.5. The van der Waals surface area contributed by atoms with Crippen molar-refractivity contribution in [3.8, 4) is 11.8 Å². The summed E-state index contributed by atoms with van der Waals surface area (Å²) in [6, 6.07) is 17.7. The van der Waals surface area contributed by atoms with Crippen molar-refractivity contribution in [3.05, 3.63) is 65.2 Å². The molecular weight excluding hydrogens is 342 g/mol. The van der Waals surface area contributed by atoms with Gasteiger partial charge in [-0.25, -0.2) is 0 Å². The zero-order chi connectivity index (χ0) is 18.0. The molecule has 0 spiro atoms. The molecule has 2 aliphatic heterocycles. The van der Waals surface area contributed by atoms with Crippen LogP contribution in [0.15, 0.2) is 48.5 Å². The van der Waals surface area contributed by atoms with E-state index in [0.29, 0.717) is 28.4 Å². The maximum atomic E-state index is 11.4. The lowest BCUT2D eigenvalue weighted by molar-refractivity contribution is 0.00789. The molecule has 2 atom stereocenters. The summed E-state index contributed by atoms with van der Waals surface area (Å²) in [5.74, 6) is 0.561. The highest BCUT2D eigenvalue weighted by Gasteiger charge is 2.42. The van der Waals surface area contributed by atoms with Gasteiger partial charge in [-0.1, -0.05) is 42.8 Å². The average molecular weight is 365 g/mol. The van der Waals surface area contributed by atoms with Gasteiger partial charge in [0.1, 0.15) is 18.4 Å². The highest BCUT2D eigenvalue weighted by molar-refractivity contribution is 8.00. The first-order chi connectivity index (χ1) is 12.7. The van der Waals surface area contributed by atoms with Crippen molar-refractivity contribution in [3.63, 3.8) is 0 Å². The number of benzene rings is 2. The summed E-state index contributed by atoms with van der Waals surface area (Å²) in [5.41, 5.74) is 1.65. The zero-order valence-electron chi connectivity index (χ0n) is 14.7. The predicted octanol–water partition coefficient (Wildman–Crippen LogP) is 4.77. The van der Waals surface area contributed by atoms with Crippen LogP contribution < -0.4 is 4.74 Å². The molecule has 2 fully saturated rings. The molecule has 134 valence electrons. The van der Waals surface area contributed by atoms with Gasteiger partial charge in [-0.2, -0.15) is 17.0 Å². The molecule has 0 aliphatic carbocycles. The van der Waals surface area contributed by atoms with Crippen LogP contribution in [0.4, 0.5) is 0 Å². The number of rotatable bonds is 4. The van der Waals surface area contributed by atoms with Gasteiger partial charge < -0.3 is 9.84 Å². The molecule has 1 N–H and O–H groups in total. The van der Waals surface area contributed by atoms with Crippen molar-refractivity contribution >= 4 is 11.8 Å². The normalized spacial score (nSPS) is 27.5. The number of aliphatic hydroxyl groups is 1. The molecule has 2 bridgehead atoms. The molecule has 2 aliphatic rings. The topological polar surface area (TPSA) is 53.2 Å². The Morgan fingerprint density at radius 2 is 1.85 bits per heavy atom. The predicted molar refractivity (Wildman–Crippen MR) is 104 cm³/mol. The lowest BCUT2D eigenvalue weighted by Gasteiger charge is -2.44. The Balaban J connectivity index is 1.58. The first-order valence-electron chi connectivity index (χ1n) is 9.25. The highest BCUT2D eigenvalue weighted by atomic mass is 32.2. The van der Waals surface area contributed by atoms with Crippen LogP contribution in [0.5, 0.6) is 5.75 Å². The molecule has 0 radical (unpaired) electrons. The van der Waals surface area contributed by atoms with E-state index in [1.54, 1.807) is 6.07 Å². The van der Waals surface area contributed by atoms with Crippen LogP contribution in [-0.4, -0.2) is 15.6 Å². The third kappa shape index (κ3) is 3.60. The monoisotopic (exact) mass is 365 g/mol. The second-order valence-corrected chi connectivity index (χ2v) is 8.95. The number of thioether (sulfide) groups is 1. The molecule has 4 heteroatoms. The van der Waals surface area contributed by atoms with E-state index in [2.05, 4.69) is 6.07 Å². The van der Waals surface area contributed by atoms with E-state index in [0.717, 1.165) is 24.0 Å². The minimum atomic E-state index is -0.806. The smallest absolute Gasteiger partial charge is 0.137 e. The second kappa shape index (κ2) is 7.34. The van der Waals surface area contributed by atoms with Crippen molar-refractivity contribution in [2.45, 2.75) is 54.8 Å². The molecule has 0 saturated carbocycles. The Morgan fingerprint density at radius 3 is 2.54 bits per heavy atom. The van der Waals surface area contributed by atoms with Gasteiger partial charge in [0, 0.05) is 10.5 Å². The van der Waals surface area contributed by atoms with E-state index < -0.39 is 5.60 Å². The first kappa shape index (κ1) is 17.5. The molecule has 0 aromatic heterocycles. The molecule has 4 rings (SSSR count). The van der Waals surface area contributed by atoms with Crippen LogP contribution in [-0.2, 0) is 12.2 Å². The lowest BCUT2D eigenvalue weighted by Crippen LogP contribution is -2.40. The van der Waals surface area contributed by atoms with Gasteiger partial charge in [0.15, 0.2) is 0 Å². The molecule has 2 unspecified atom stereocenters. The van der Waals surface area contributed by atoms with Gasteiger partial charge in [-0.05, 0) is 48.9 Å². The third-order valence-electron chi connectivity index (χ3n) is 5.44. The minimum absolute atomic E-state index is 0.415. The molecule has 3 nitrogen and oxygen atoms in total. The van der Waals surface area contributed by atoms with Crippen LogP contribution in [0.1, 0.15) is 48.8 Å². The van der Waals surface area contributed by atoms with Crippen LogP contribution in [0.3, 0.4) is 0 Å². The van der Waals surface area contributed by atoms with E-state index in [1.807, 2.05) is 54.2 Å². The number of fused-ring (bicyclic) bond motifs is 2. The Bertz CT molecular complexity index is 803. The van der Waals surface area contributed by atoms with Crippen molar-refractivity contribution in [1.82, 2.24) is 0 Å². The van der Waals surface area contributed by atoms with Gasteiger partial charge >= 0.3 is 0 Å². The van der Waals surface area contributed by atoms with E-state index in [-0.39, 0.29) is 0 Å². The van der Waals surface area contributed by atoms with Gasteiger partial charge in [-0.3, -0.25) is 0 Å². The molecule has 0 amide bonds. The fraction of sp³-hybridized carbons (Fsp3) is 0.409. The fourth-order valence-corrected chi connectivity index (χ4v) is 6.01. The summed E-state index contributed by atoms with van der Waals surface area (Å²) in [4.78, 5) is 0. The summed E-state index contributed by atoms with van der Waals surface area (Å²) in [6.45, 7) is 0.415. The Labute approximate surface area is 159 Å². The molecular formula is C22H23NO2S. The third-order valence-corrected chi connectivity index (χ3v) is 7.02. The van der Waals surface area contributed by atoms with E-state index >= 15 is 0 Å². The Morgan fingerprint density at radius 1 is 1.12 bits per heavy atom. The van der Waals surface area contributed by atoms with Crippen molar-refractivity contribution in [2.75, 3.05) is 0 Å². The Hall–Kier alpha value is -1.96. The number of ether oxygens (including phenoxy) is 1. The number of hydrogen-bond donors (Lipinski definition) is 1. The van der Waals surface area contributed by atoms with Crippen LogP contribution in [0.2, 0.25) is 0 Å². The second-order valence-electron chi connectivity index (χ2n) is 7.35. The van der Waals surface area contributed by atoms with E-state index in [1.165, 1.54) is 19.3 Å². The maximum absolute atomic E-state index is 11.4. The van der Waals surface area contributed by atoms with E-state index in [4.69, 9.17) is 4.74 Å². The van der Waals surface area contributed by atoms with Crippen molar-refractivity contribution in [1.29, 1.82) is 5.26 Å². The number of nitriles is 1. The van der Waals surface area contributed by atoms with Crippen LogP contribution in [0, 0.1) is 11.3 Å². The maximum Gasteiger partial charge on any atom is 0.137 e. The summed E-state index contributed by atoms with van der Waals surface area (Å²) in [6.07, 6.45) is 5.24. The highest BCUT2D eigenvalue weighted by Crippen LogP contribution is 2.49. The first-order valence-corrected chi connectivity index (χ1v) is 10.2. The van der Waals surface area contributed by atoms with Gasteiger partial charge in [0.05, 0.1) is 11.2 Å². The van der Waals surface area contributed by atoms with Gasteiger partial charge in [0.25, 0.3) is 0 Å². The van der Waals surface area contributed by atoms with Gasteiger partial charge in [0.2, 0.25) is 0 Å². The molecule has 26 heavy (non-hydrogen) atoms. The van der Waals surface area contributed by atoms with Gasteiger partial charge in [-0.15, -0.1) is 0 Å². The summed E-state index contributed by atoms with van der Waals surface area (Å²) >= 11 is 2.05. The quantitative estimate of drug-likeness (QED) is 0.848. The standard InChI is InChI=1S/C22H23NO2S/c23-14-17-9-10-18(11-21(17)25-15-16-5-2-1-3-6-16)22(24)12-19-7-4-8-20(13-22)26-19/h1-3,5-6,9-11,19-20,24H,4,7-8,12-13,15H2. The van der Waals surface area contributed by atoms with Crippen LogP contribution >= 0.6 is 11.8 Å². The largest absolute Gasteiger partial charge is 0.488 e. The molecule has 2 aromatic rings. The summed E-state index contributed by atoms with van der Waals surface area (Å²) < 4.78 is 5.95. The summed E-state index contributed by atoms with van der Waals surface area (Å²) in [7, 11) is 0. The minimum Gasteiger partial charge on any atom is -0.488 e. The SMILES string of the molecule is N#Cc1ccc(C2(O)CC3CCCC(C2)S3)cc1OCc1ccccc1. The van der Waals surface area contributed by atoms with E-state index in [9.17, 15) is 10.4 Å². The average Bonchev–Trinajstić information content (AvgIpc) is 2.66.